The van der Waals surface area contributed by atoms with Crippen molar-refractivity contribution >= 4 is 23.2 Å². The lowest BCUT2D eigenvalue weighted by Crippen LogP contribution is -2.51. The van der Waals surface area contributed by atoms with Crippen LogP contribution in [0.3, 0.4) is 0 Å². The van der Waals surface area contributed by atoms with Gasteiger partial charge in [0.05, 0.1) is 11.4 Å². The van der Waals surface area contributed by atoms with Crippen LogP contribution >= 0.6 is 11.3 Å². The molecule has 0 aromatic carbocycles. The molecule has 0 bridgehead atoms. The normalized spacial score (nSPS) is 14.1. The minimum absolute atomic E-state index is 0.0485. The molecular weight excluding hydrogens is 264 g/mol. The topological polar surface area (TPSA) is 79.3 Å². The fourth-order valence-corrected chi connectivity index (χ4v) is 2.31. The van der Waals surface area contributed by atoms with E-state index in [0.29, 0.717) is 12.8 Å². The summed E-state index contributed by atoms with van der Waals surface area (Å²) < 4.78 is 0. The molecule has 1 unspecified atom stereocenters. The number of carbonyl (C=O) groups excluding carboxylic acids is 1. The second kappa shape index (κ2) is 6.65. The van der Waals surface area contributed by atoms with Crippen molar-refractivity contribution in [2.45, 2.75) is 45.6 Å². The number of carbonyl (C=O) groups is 2. The first-order chi connectivity index (χ1) is 8.83. The Morgan fingerprint density at radius 2 is 2.21 bits per heavy atom. The lowest BCUT2D eigenvalue weighted by molar-refractivity contribution is -0.139. The Morgan fingerprint density at radius 1 is 1.53 bits per heavy atom. The zero-order valence-corrected chi connectivity index (χ0v) is 12.3. The lowest BCUT2D eigenvalue weighted by atomic mass is 9.85. The van der Waals surface area contributed by atoms with Gasteiger partial charge in [0.15, 0.2) is 0 Å². The number of carboxylic acid groups (broad SMARTS) is 1. The first-order valence-electron chi connectivity index (χ1n) is 6.24. The van der Waals surface area contributed by atoms with Crippen molar-refractivity contribution in [3.8, 4) is 0 Å². The quantitative estimate of drug-likeness (QED) is 0.803. The zero-order chi connectivity index (χ0) is 14.5. The van der Waals surface area contributed by atoms with Gasteiger partial charge in [-0.15, -0.1) is 11.3 Å². The number of aryl methyl sites for hydroxylation is 1. The largest absolute Gasteiger partial charge is 0.481 e. The minimum Gasteiger partial charge on any atom is -0.481 e. The average Bonchev–Trinajstić information content (AvgIpc) is 2.77. The van der Waals surface area contributed by atoms with Gasteiger partial charge >= 0.3 is 5.97 Å². The van der Waals surface area contributed by atoms with Crippen molar-refractivity contribution in [2.24, 2.45) is 5.92 Å². The van der Waals surface area contributed by atoms with Gasteiger partial charge in [-0.2, -0.15) is 0 Å². The summed E-state index contributed by atoms with van der Waals surface area (Å²) in [6.07, 6.45) is 2.55. The summed E-state index contributed by atoms with van der Waals surface area (Å²) in [7, 11) is 0. The summed E-state index contributed by atoms with van der Waals surface area (Å²) in [6, 6.07) is 0. The molecule has 0 spiro atoms. The van der Waals surface area contributed by atoms with Crippen LogP contribution in [0, 0.1) is 5.92 Å². The summed E-state index contributed by atoms with van der Waals surface area (Å²) >= 11 is 1.51. The molecule has 19 heavy (non-hydrogen) atoms. The van der Waals surface area contributed by atoms with Crippen molar-refractivity contribution < 1.29 is 14.7 Å². The van der Waals surface area contributed by atoms with E-state index in [1.807, 2.05) is 19.2 Å². The molecule has 0 aliphatic heterocycles. The maximum absolute atomic E-state index is 11.9. The van der Waals surface area contributed by atoms with E-state index in [1.165, 1.54) is 11.3 Å². The van der Waals surface area contributed by atoms with Crippen molar-refractivity contribution in [1.29, 1.82) is 0 Å². The molecule has 0 saturated carbocycles. The van der Waals surface area contributed by atoms with Gasteiger partial charge in [0.25, 0.3) is 0 Å². The van der Waals surface area contributed by atoms with Gasteiger partial charge in [0.1, 0.15) is 0 Å². The number of hydrogen-bond donors (Lipinski definition) is 2. The van der Waals surface area contributed by atoms with Crippen molar-refractivity contribution in [3.63, 3.8) is 0 Å². The molecule has 0 aliphatic rings. The standard InChI is InChI=1S/C13H20N2O3S/c1-9(2)13(3,8-12(17)18)15-10(16)4-5-11-14-6-7-19-11/h6-7,9H,4-5,8H2,1-3H3,(H,15,16)(H,17,18). The molecule has 1 atom stereocenters. The highest BCUT2D eigenvalue weighted by Crippen LogP contribution is 2.21. The molecule has 1 aromatic heterocycles. The highest BCUT2D eigenvalue weighted by atomic mass is 32.1. The summed E-state index contributed by atoms with van der Waals surface area (Å²) in [5.74, 6) is -0.989. The Morgan fingerprint density at radius 3 is 2.68 bits per heavy atom. The molecular formula is C13H20N2O3S. The SMILES string of the molecule is CC(C)C(C)(CC(=O)O)NC(=O)CCc1nccs1. The van der Waals surface area contributed by atoms with Crippen LogP contribution in [0.25, 0.3) is 0 Å². The van der Waals surface area contributed by atoms with Crippen LogP contribution in [0.2, 0.25) is 0 Å². The fourth-order valence-electron chi connectivity index (χ4n) is 1.68. The van der Waals surface area contributed by atoms with Crippen LogP contribution in [-0.4, -0.2) is 27.5 Å². The fraction of sp³-hybridized carbons (Fsp3) is 0.615. The van der Waals surface area contributed by atoms with Crippen LogP contribution in [0.15, 0.2) is 11.6 Å². The molecule has 5 nitrogen and oxygen atoms in total. The highest BCUT2D eigenvalue weighted by Gasteiger charge is 2.32. The van der Waals surface area contributed by atoms with E-state index in [4.69, 9.17) is 5.11 Å². The predicted molar refractivity (Wildman–Crippen MR) is 74.1 cm³/mol. The second-order valence-corrected chi connectivity index (χ2v) is 6.10. The molecule has 106 valence electrons. The molecule has 0 radical (unpaired) electrons. The van der Waals surface area contributed by atoms with Gasteiger partial charge in [-0.05, 0) is 12.8 Å². The number of carboxylic acids is 1. The number of aliphatic carboxylic acids is 1. The lowest BCUT2D eigenvalue weighted by Gasteiger charge is -2.33. The van der Waals surface area contributed by atoms with E-state index in [2.05, 4.69) is 10.3 Å². The van der Waals surface area contributed by atoms with Crippen molar-refractivity contribution in [1.82, 2.24) is 10.3 Å². The Balaban J connectivity index is 2.54. The van der Waals surface area contributed by atoms with E-state index in [1.54, 1.807) is 13.1 Å². The summed E-state index contributed by atoms with van der Waals surface area (Å²) in [4.78, 5) is 26.9. The number of rotatable bonds is 7. The monoisotopic (exact) mass is 284 g/mol. The molecule has 2 N–H and O–H groups in total. The molecule has 0 fully saturated rings. The van der Waals surface area contributed by atoms with Gasteiger partial charge in [-0.3, -0.25) is 9.59 Å². The Kier molecular flexibility index (Phi) is 5.47. The van der Waals surface area contributed by atoms with Crippen LogP contribution in [-0.2, 0) is 16.0 Å². The Labute approximate surface area is 117 Å². The number of amides is 1. The highest BCUT2D eigenvalue weighted by molar-refractivity contribution is 7.09. The van der Waals surface area contributed by atoms with Crippen molar-refractivity contribution in [2.75, 3.05) is 0 Å². The van der Waals surface area contributed by atoms with Crippen LogP contribution in [0.5, 0.6) is 0 Å². The first kappa shape index (κ1) is 15.6. The van der Waals surface area contributed by atoms with E-state index in [0.717, 1.165) is 5.01 Å². The molecule has 1 amide bonds. The average molecular weight is 284 g/mol. The Hall–Kier alpha value is -1.43. The first-order valence-corrected chi connectivity index (χ1v) is 7.12. The number of nitrogens with zero attached hydrogens (tertiary/aromatic N) is 1. The number of nitrogens with one attached hydrogen (secondary N) is 1. The molecule has 1 heterocycles. The van der Waals surface area contributed by atoms with Crippen LogP contribution in [0.1, 0.15) is 38.6 Å². The second-order valence-electron chi connectivity index (χ2n) is 5.12. The molecule has 0 saturated heterocycles. The molecule has 0 aliphatic carbocycles. The van der Waals surface area contributed by atoms with Gasteiger partial charge in [0.2, 0.25) is 5.91 Å². The van der Waals surface area contributed by atoms with Gasteiger partial charge in [-0.25, -0.2) is 4.98 Å². The zero-order valence-electron chi connectivity index (χ0n) is 11.5. The maximum atomic E-state index is 11.9. The minimum atomic E-state index is -0.906. The van der Waals surface area contributed by atoms with Gasteiger partial charge < -0.3 is 10.4 Å². The number of aromatic nitrogens is 1. The third-order valence-corrected chi connectivity index (χ3v) is 4.11. The molecule has 1 aromatic rings. The Bertz CT molecular complexity index is 431. The summed E-state index contributed by atoms with van der Waals surface area (Å²) in [6.45, 7) is 5.58. The van der Waals surface area contributed by atoms with E-state index < -0.39 is 11.5 Å². The number of thiazole rings is 1. The van der Waals surface area contributed by atoms with Crippen molar-refractivity contribution in [3.05, 3.63) is 16.6 Å². The predicted octanol–water partition coefficient (Wildman–Crippen LogP) is 2.08. The third kappa shape index (κ3) is 4.98. The molecule has 6 heteroatoms. The van der Waals surface area contributed by atoms with E-state index in [-0.39, 0.29) is 18.2 Å². The van der Waals surface area contributed by atoms with E-state index >= 15 is 0 Å². The third-order valence-electron chi connectivity index (χ3n) is 3.27. The molecule has 1 rings (SSSR count). The maximum Gasteiger partial charge on any atom is 0.305 e. The number of hydrogen-bond acceptors (Lipinski definition) is 4. The smallest absolute Gasteiger partial charge is 0.305 e. The van der Waals surface area contributed by atoms with E-state index in [9.17, 15) is 9.59 Å². The summed E-state index contributed by atoms with van der Waals surface area (Å²) in [5, 5.41) is 14.6. The van der Waals surface area contributed by atoms with Gasteiger partial charge in [0, 0.05) is 30.0 Å². The summed E-state index contributed by atoms with van der Waals surface area (Å²) in [5.41, 5.74) is -0.716. The van der Waals surface area contributed by atoms with Crippen LogP contribution < -0.4 is 5.32 Å². The van der Waals surface area contributed by atoms with Crippen LogP contribution in [0.4, 0.5) is 0 Å². The van der Waals surface area contributed by atoms with Gasteiger partial charge in [-0.1, -0.05) is 13.8 Å².